The molecule has 6 nitrogen and oxygen atoms in total. The van der Waals surface area contributed by atoms with Crippen LogP contribution in [0.25, 0.3) is 16.6 Å². The molecule has 0 radical (unpaired) electrons. The van der Waals surface area contributed by atoms with Gasteiger partial charge in [0.05, 0.1) is 27.0 Å². The van der Waals surface area contributed by atoms with Crippen molar-refractivity contribution in [3.63, 3.8) is 0 Å². The van der Waals surface area contributed by atoms with Crippen LogP contribution < -0.4 is 14.2 Å². The van der Waals surface area contributed by atoms with Gasteiger partial charge in [-0.05, 0) is 35.9 Å². The van der Waals surface area contributed by atoms with E-state index in [9.17, 15) is 4.79 Å². The van der Waals surface area contributed by atoms with Crippen LogP contribution in [0.1, 0.15) is 11.3 Å². The Morgan fingerprint density at radius 1 is 1.07 bits per heavy atom. The Morgan fingerprint density at radius 3 is 2.69 bits per heavy atom. The van der Waals surface area contributed by atoms with Crippen LogP contribution in [0.5, 0.6) is 17.2 Å². The maximum absolute atomic E-state index is 11.2. The smallest absolute Gasteiger partial charge is 0.330 e. The van der Waals surface area contributed by atoms with Crippen LogP contribution in [-0.2, 0) is 16.1 Å². The summed E-state index contributed by atoms with van der Waals surface area (Å²) in [5.74, 6) is 1.54. The van der Waals surface area contributed by atoms with Gasteiger partial charge in [-0.1, -0.05) is 18.2 Å². The van der Waals surface area contributed by atoms with E-state index in [4.69, 9.17) is 14.2 Å². The molecule has 0 bridgehead atoms. The zero-order valence-electron chi connectivity index (χ0n) is 16.4. The van der Waals surface area contributed by atoms with E-state index in [0.29, 0.717) is 18.1 Å². The number of benzene rings is 2. The first-order valence-corrected chi connectivity index (χ1v) is 9.66. The van der Waals surface area contributed by atoms with Crippen molar-refractivity contribution in [3.8, 4) is 27.8 Å². The van der Waals surface area contributed by atoms with Gasteiger partial charge in [-0.25, -0.2) is 9.78 Å². The van der Waals surface area contributed by atoms with Gasteiger partial charge in [-0.15, -0.1) is 11.3 Å². The molecule has 3 aromatic rings. The van der Waals surface area contributed by atoms with E-state index in [0.717, 1.165) is 27.6 Å². The van der Waals surface area contributed by atoms with E-state index in [1.165, 1.54) is 13.2 Å². The highest BCUT2D eigenvalue weighted by Gasteiger charge is 2.09. The minimum atomic E-state index is -0.417. The molecule has 0 amide bonds. The lowest BCUT2D eigenvalue weighted by molar-refractivity contribution is -0.134. The molecule has 0 aliphatic heterocycles. The van der Waals surface area contributed by atoms with Crippen molar-refractivity contribution < 1.29 is 23.7 Å². The maximum atomic E-state index is 11.2. The number of methoxy groups -OCH3 is 3. The highest BCUT2D eigenvalue weighted by atomic mass is 32.1. The lowest BCUT2D eigenvalue weighted by Gasteiger charge is -2.10. The van der Waals surface area contributed by atoms with Gasteiger partial charge in [-0.2, -0.15) is 0 Å². The molecule has 0 aliphatic rings. The van der Waals surface area contributed by atoms with E-state index >= 15 is 0 Å². The fraction of sp³-hybridized carbons (Fsp3) is 0.182. The Bertz CT molecular complexity index is 1010. The number of esters is 1. The van der Waals surface area contributed by atoms with Crippen LogP contribution in [0.15, 0.2) is 53.9 Å². The molecule has 29 heavy (non-hydrogen) atoms. The lowest BCUT2D eigenvalue weighted by Crippen LogP contribution is -1.98. The standard InChI is InChI=1S/C22H21NO5S/c1-25-18-6-4-5-16(12-18)22-23-17(14-29-22)13-28-19-9-7-15(11-20(19)26-2)8-10-21(24)27-3/h4-12,14H,13H2,1-3H3/b10-8+. The van der Waals surface area contributed by atoms with Crippen LogP contribution in [0.2, 0.25) is 0 Å². The highest BCUT2D eigenvalue weighted by Crippen LogP contribution is 2.31. The number of carbonyl (C=O) groups excluding carboxylic acids is 1. The average Bonchev–Trinajstić information content (AvgIpc) is 3.25. The molecule has 0 saturated heterocycles. The largest absolute Gasteiger partial charge is 0.497 e. The number of aromatic nitrogens is 1. The maximum Gasteiger partial charge on any atom is 0.330 e. The Hall–Kier alpha value is -3.32. The first-order valence-electron chi connectivity index (χ1n) is 8.78. The monoisotopic (exact) mass is 411 g/mol. The zero-order chi connectivity index (χ0) is 20.6. The minimum Gasteiger partial charge on any atom is -0.497 e. The molecule has 3 rings (SSSR count). The highest BCUT2D eigenvalue weighted by molar-refractivity contribution is 7.13. The summed E-state index contributed by atoms with van der Waals surface area (Å²) in [4.78, 5) is 15.9. The number of nitrogens with zero attached hydrogens (tertiary/aromatic N) is 1. The summed E-state index contributed by atoms with van der Waals surface area (Å²) in [6, 6.07) is 13.2. The molecule has 0 aliphatic carbocycles. The average molecular weight is 411 g/mol. The number of thiazole rings is 1. The first kappa shape index (κ1) is 20.4. The van der Waals surface area contributed by atoms with Gasteiger partial charge in [0, 0.05) is 17.0 Å². The molecule has 7 heteroatoms. The minimum absolute atomic E-state index is 0.314. The van der Waals surface area contributed by atoms with E-state index in [1.54, 1.807) is 43.8 Å². The van der Waals surface area contributed by atoms with Gasteiger partial charge >= 0.3 is 5.97 Å². The zero-order valence-corrected chi connectivity index (χ0v) is 17.2. The summed E-state index contributed by atoms with van der Waals surface area (Å²) in [5, 5.41) is 2.87. The van der Waals surface area contributed by atoms with Crippen molar-refractivity contribution in [3.05, 3.63) is 65.2 Å². The van der Waals surface area contributed by atoms with E-state index < -0.39 is 5.97 Å². The summed E-state index contributed by atoms with van der Waals surface area (Å²) >= 11 is 1.55. The molecule has 1 aromatic heterocycles. The normalized spacial score (nSPS) is 10.7. The van der Waals surface area contributed by atoms with Gasteiger partial charge in [0.15, 0.2) is 11.5 Å². The van der Waals surface area contributed by atoms with Crippen LogP contribution in [0.3, 0.4) is 0 Å². The molecular formula is C22H21NO5S. The third kappa shape index (κ3) is 5.36. The molecule has 0 spiro atoms. The molecule has 1 heterocycles. The summed E-state index contributed by atoms with van der Waals surface area (Å²) < 4.78 is 21.1. The van der Waals surface area contributed by atoms with Crippen LogP contribution in [-0.4, -0.2) is 32.3 Å². The quantitative estimate of drug-likeness (QED) is 0.399. The summed E-state index contributed by atoms with van der Waals surface area (Å²) in [6.07, 6.45) is 3.00. The Morgan fingerprint density at radius 2 is 1.93 bits per heavy atom. The van der Waals surface area contributed by atoms with Crippen LogP contribution >= 0.6 is 11.3 Å². The molecule has 0 saturated carbocycles. The number of rotatable bonds is 8. The Kier molecular flexibility index (Phi) is 6.86. The van der Waals surface area contributed by atoms with E-state index in [-0.39, 0.29) is 0 Å². The number of hydrogen-bond donors (Lipinski definition) is 0. The number of carbonyl (C=O) groups is 1. The number of ether oxygens (including phenoxy) is 4. The fourth-order valence-electron chi connectivity index (χ4n) is 2.55. The van der Waals surface area contributed by atoms with Crippen molar-refractivity contribution in [2.24, 2.45) is 0 Å². The topological polar surface area (TPSA) is 66.9 Å². The van der Waals surface area contributed by atoms with Gasteiger partial charge in [0.2, 0.25) is 0 Å². The molecule has 0 atom stereocenters. The summed E-state index contributed by atoms with van der Waals surface area (Å²) in [5.41, 5.74) is 2.62. The summed E-state index contributed by atoms with van der Waals surface area (Å²) in [7, 11) is 4.55. The third-order valence-corrected chi connectivity index (χ3v) is 4.98. The van der Waals surface area contributed by atoms with Gasteiger partial charge < -0.3 is 18.9 Å². The Labute approximate surface area is 173 Å². The molecule has 2 aromatic carbocycles. The first-order chi connectivity index (χ1) is 14.1. The molecule has 150 valence electrons. The second kappa shape index (κ2) is 9.75. The van der Waals surface area contributed by atoms with Gasteiger partial charge in [0.1, 0.15) is 17.4 Å². The summed E-state index contributed by atoms with van der Waals surface area (Å²) in [6.45, 7) is 0.314. The molecule has 0 fully saturated rings. The second-order valence-electron chi connectivity index (χ2n) is 5.93. The molecule has 0 N–H and O–H groups in total. The van der Waals surface area contributed by atoms with Gasteiger partial charge in [0.25, 0.3) is 0 Å². The van der Waals surface area contributed by atoms with Crippen molar-refractivity contribution in [2.45, 2.75) is 6.61 Å². The predicted octanol–water partition coefficient (Wildman–Crippen LogP) is 4.59. The van der Waals surface area contributed by atoms with Crippen molar-refractivity contribution in [1.82, 2.24) is 4.98 Å². The lowest BCUT2D eigenvalue weighted by atomic mass is 10.2. The SMILES string of the molecule is COC(=O)/C=C/c1ccc(OCc2csc(-c3cccc(OC)c3)n2)c(OC)c1. The van der Waals surface area contributed by atoms with Crippen molar-refractivity contribution >= 4 is 23.4 Å². The number of hydrogen-bond acceptors (Lipinski definition) is 7. The molecule has 0 unspecified atom stereocenters. The van der Waals surface area contributed by atoms with Gasteiger partial charge in [-0.3, -0.25) is 0 Å². The van der Waals surface area contributed by atoms with E-state index in [2.05, 4.69) is 9.72 Å². The van der Waals surface area contributed by atoms with E-state index in [1.807, 2.05) is 35.7 Å². The fourth-order valence-corrected chi connectivity index (χ4v) is 3.35. The van der Waals surface area contributed by atoms with Crippen molar-refractivity contribution in [1.29, 1.82) is 0 Å². The second-order valence-corrected chi connectivity index (χ2v) is 6.79. The van der Waals surface area contributed by atoms with Crippen molar-refractivity contribution in [2.75, 3.05) is 21.3 Å². The molecular weight excluding hydrogens is 390 g/mol. The third-order valence-electron chi connectivity index (χ3n) is 4.04. The predicted molar refractivity (Wildman–Crippen MR) is 112 cm³/mol. The Balaban J connectivity index is 1.69. The van der Waals surface area contributed by atoms with Crippen LogP contribution in [0.4, 0.5) is 0 Å². The van der Waals surface area contributed by atoms with Crippen LogP contribution in [0, 0.1) is 0 Å².